The largest absolute Gasteiger partial charge is 0.304 e. The molecule has 2 heteroatoms. The summed E-state index contributed by atoms with van der Waals surface area (Å²) in [5.74, 6) is 0. The highest BCUT2D eigenvalue weighted by atomic mass is 31.1. The Labute approximate surface area is 103 Å². The van der Waals surface area contributed by atoms with Crippen molar-refractivity contribution in [1.29, 1.82) is 0 Å². The highest BCUT2D eigenvalue weighted by Crippen LogP contribution is 2.22. The minimum atomic E-state index is 0.104. The highest BCUT2D eigenvalue weighted by Gasteiger charge is 1.92. The molecule has 92 valence electrons. The Hall–Kier alpha value is -0.390. The van der Waals surface area contributed by atoms with Gasteiger partial charge in [0.1, 0.15) is 0 Å². The summed E-state index contributed by atoms with van der Waals surface area (Å²) in [4.78, 5) is 2.38. The molecule has 0 N–H and O–H groups in total. The Balaban J connectivity index is 0.000000293. The minimum absolute atomic E-state index is 0.104. The van der Waals surface area contributed by atoms with Crippen molar-refractivity contribution < 1.29 is 0 Å². The standard InChI is InChI=1S/C8H11P.C6H15N/c1-9(2)8-6-4-3-5-7-8;1-4-7(5-2)6-3/h3-7H,1-2H3;4-6H2,1-3H3. The fourth-order valence-electron chi connectivity index (χ4n) is 1.40. The number of benzene rings is 1. The second-order valence-electron chi connectivity index (χ2n) is 3.85. The van der Waals surface area contributed by atoms with Gasteiger partial charge in [0.2, 0.25) is 0 Å². The molecule has 0 bridgehead atoms. The van der Waals surface area contributed by atoms with Crippen LogP contribution < -0.4 is 5.30 Å². The second-order valence-corrected chi connectivity index (χ2v) is 6.15. The Bertz CT molecular complexity index is 237. The zero-order chi connectivity index (χ0) is 12.4. The highest BCUT2D eigenvalue weighted by molar-refractivity contribution is 7.64. The lowest BCUT2D eigenvalue weighted by Crippen LogP contribution is -2.21. The van der Waals surface area contributed by atoms with Crippen LogP contribution in [0.15, 0.2) is 30.3 Å². The van der Waals surface area contributed by atoms with Crippen LogP contribution in [0.5, 0.6) is 0 Å². The molecule has 0 unspecified atom stereocenters. The van der Waals surface area contributed by atoms with Crippen LogP contribution in [0.1, 0.15) is 20.8 Å². The smallest absolute Gasteiger partial charge is 0.00474 e. The molecule has 1 nitrogen and oxygen atoms in total. The predicted molar refractivity (Wildman–Crippen MR) is 78.3 cm³/mol. The molecule has 0 saturated heterocycles. The van der Waals surface area contributed by atoms with Crippen molar-refractivity contribution in [3.8, 4) is 0 Å². The van der Waals surface area contributed by atoms with E-state index in [1.54, 1.807) is 0 Å². The molecule has 16 heavy (non-hydrogen) atoms. The van der Waals surface area contributed by atoms with E-state index in [4.69, 9.17) is 0 Å². The Morgan fingerprint density at radius 2 is 1.31 bits per heavy atom. The van der Waals surface area contributed by atoms with Crippen LogP contribution >= 0.6 is 7.92 Å². The van der Waals surface area contributed by atoms with Gasteiger partial charge in [-0.3, -0.25) is 0 Å². The summed E-state index contributed by atoms with van der Waals surface area (Å²) >= 11 is 0. The first-order valence-electron chi connectivity index (χ1n) is 6.10. The fourth-order valence-corrected chi connectivity index (χ4v) is 2.17. The van der Waals surface area contributed by atoms with E-state index in [2.05, 4.69) is 69.3 Å². The first kappa shape index (κ1) is 15.6. The lowest BCUT2D eigenvalue weighted by Gasteiger charge is -2.13. The van der Waals surface area contributed by atoms with Gasteiger partial charge in [0.05, 0.1) is 0 Å². The maximum absolute atomic E-state index is 2.38. The van der Waals surface area contributed by atoms with Gasteiger partial charge in [-0.25, -0.2) is 0 Å². The van der Waals surface area contributed by atoms with E-state index in [0.717, 1.165) is 0 Å². The summed E-state index contributed by atoms with van der Waals surface area (Å²) in [5, 5.41) is 1.48. The van der Waals surface area contributed by atoms with Gasteiger partial charge in [0.25, 0.3) is 0 Å². The van der Waals surface area contributed by atoms with E-state index >= 15 is 0 Å². The van der Waals surface area contributed by atoms with E-state index < -0.39 is 0 Å². The summed E-state index contributed by atoms with van der Waals surface area (Å²) in [5.41, 5.74) is 0. The van der Waals surface area contributed by atoms with Crippen molar-refractivity contribution in [3.05, 3.63) is 30.3 Å². The van der Waals surface area contributed by atoms with Crippen LogP contribution in [0.25, 0.3) is 0 Å². The number of nitrogens with zero attached hydrogens (tertiary/aromatic N) is 1. The quantitative estimate of drug-likeness (QED) is 0.728. The van der Waals surface area contributed by atoms with E-state index in [0.29, 0.717) is 0 Å². The van der Waals surface area contributed by atoms with Crippen molar-refractivity contribution in [3.63, 3.8) is 0 Å². The normalized spacial score (nSPS) is 10.2. The van der Waals surface area contributed by atoms with Gasteiger partial charge in [-0.15, -0.1) is 0 Å². The molecule has 0 aromatic heterocycles. The van der Waals surface area contributed by atoms with Crippen molar-refractivity contribution in [2.45, 2.75) is 20.8 Å². The van der Waals surface area contributed by atoms with E-state index in [-0.39, 0.29) is 7.92 Å². The molecule has 0 atom stereocenters. The number of hydrogen-bond donors (Lipinski definition) is 0. The summed E-state index contributed by atoms with van der Waals surface area (Å²) in [6.45, 7) is 14.7. The Morgan fingerprint density at radius 1 is 0.875 bits per heavy atom. The van der Waals surface area contributed by atoms with Crippen LogP contribution in [0, 0.1) is 0 Å². The average Bonchev–Trinajstić information content (AvgIpc) is 2.33. The predicted octanol–water partition coefficient (Wildman–Crippen LogP) is 3.40. The SMILES string of the molecule is CCN(CC)CC.CP(C)c1ccccc1. The number of rotatable bonds is 4. The lowest BCUT2D eigenvalue weighted by atomic mass is 10.4. The fraction of sp³-hybridized carbons (Fsp3) is 0.571. The topological polar surface area (TPSA) is 3.24 Å². The molecule has 0 aliphatic rings. The maximum atomic E-state index is 2.38. The molecule has 0 aliphatic heterocycles. The van der Waals surface area contributed by atoms with E-state index in [1.807, 2.05) is 0 Å². The summed E-state index contributed by atoms with van der Waals surface area (Å²) < 4.78 is 0. The minimum Gasteiger partial charge on any atom is -0.304 e. The maximum Gasteiger partial charge on any atom is -0.00474 e. The monoisotopic (exact) mass is 239 g/mol. The number of hydrogen-bond acceptors (Lipinski definition) is 1. The average molecular weight is 239 g/mol. The van der Waals surface area contributed by atoms with E-state index in [1.165, 1.54) is 24.9 Å². The van der Waals surface area contributed by atoms with Crippen molar-refractivity contribution in [1.82, 2.24) is 4.90 Å². The molecule has 1 aromatic carbocycles. The van der Waals surface area contributed by atoms with E-state index in [9.17, 15) is 0 Å². The Kier molecular flexibility index (Phi) is 9.57. The molecule has 1 aromatic rings. The van der Waals surface area contributed by atoms with Crippen LogP contribution in [0.3, 0.4) is 0 Å². The molecular formula is C14H26NP. The van der Waals surface area contributed by atoms with Crippen LogP contribution in [0.2, 0.25) is 0 Å². The third-order valence-corrected chi connectivity index (χ3v) is 3.95. The first-order chi connectivity index (χ1) is 7.65. The second kappa shape index (κ2) is 9.81. The zero-order valence-corrected chi connectivity index (χ0v) is 12.3. The third kappa shape index (κ3) is 6.98. The van der Waals surface area contributed by atoms with Gasteiger partial charge < -0.3 is 4.90 Å². The van der Waals surface area contributed by atoms with Crippen molar-refractivity contribution >= 4 is 13.2 Å². The third-order valence-electron chi connectivity index (χ3n) is 2.61. The van der Waals surface area contributed by atoms with Gasteiger partial charge in [0.15, 0.2) is 0 Å². The van der Waals surface area contributed by atoms with Crippen LogP contribution in [0.4, 0.5) is 0 Å². The van der Waals surface area contributed by atoms with Crippen LogP contribution in [-0.4, -0.2) is 37.9 Å². The van der Waals surface area contributed by atoms with Gasteiger partial charge in [-0.1, -0.05) is 59.0 Å². The van der Waals surface area contributed by atoms with Gasteiger partial charge >= 0.3 is 0 Å². The molecule has 0 aliphatic carbocycles. The summed E-state index contributed by atoms with van der Waals surface area (Å²) in [7, 11) is 0.104. The molecular weight excluding hydrogens is 213 g/mol. The first-order valence-corrected chi connectivity index (χ1v) is 8.33. The molecule has 0 fully saturated rings. The lowest BCUT2D eigenvalue weighted by molar-refractivity contribution is 0.321. The summed E-state index contributed by atoms with van der Waals surface area (Å²) in [6.07, 6.45) is 0. The van der Waals surface area contributed by atoms with Gasteiger partial charge in [-0.05, 0) is 38.3 Å². The molecule has 0 amide bonds. The van der Waals surface area contributed by atoms with Gasteiger partial charge in [0, 0.05) is 0 Å². The molecule has 1 rings (SSSR count). The zero-order valence-electron chi connectivity index (χ0n) is 11.4. The van der Waals surface area contributed by atoms with Crippen LogP contribution in [-0.2, 0) is 0 Å². The molecule has 0 radical (unpaired) electrons. The van der Waals surface area contributed by atoms with Gasteiger partial charge in [-0.2, -0.15) is 0 Å². The van der Waals surface area contributed by atoms with Crippen molar-refractivity contribution in [2.75, 3.05) is 33.0 Å². The summed E-state index contributed by atoms with van der Waals surface area (Å²) in [6, 6.07) is 10.6. The Morgan fingerprint density at radius 3 is 1.50 bits per heavy atom. The molecule has 0 heterocycles. The van der Waals surface area contributed by atoms with Crippen molar-refractivity contribution in [2.24, 2.45) is 0 Å². The molecule has 0 saturated carbocycles. The molecule has 0 spiro atoms.